The van der Waals surface area contributed by atoms with E-state index in [0.29, 0.717) is 11.1 Å². The highest BCUT2D eigenvalue weighted by atomic mass is 19.4. The Bertz CT molecular complexity index is 1920. The molecule has 0 spiro atoms. The number of anilines is 1. The van der Waals surface area contributed by atoms with Gasteiger partial charge in [-0.05, 0) is 52.9 Å². The maximum absolute atomic E-state index is 14.5. The molecule has 0 radical (unpaired) electrons. The zero-order valence-corrected chi connectivity index (χ0v) is 26.0. The molecule has 1 aromatic heterocycles. The standard InChI is InChI=1S/C37H31F3N2O6/c1-24-7-11-26(12-8-24)27-13-9-25(10-14-27)22-42(30-21-33(48-36(45)46)41(23-30)20-19-34(43)47-2)35(44)32-6-4-3-5-31(32)28-15-17-29(18-16-28)37(38,39)40/h3-18,21,23H,19-20,22H2,1-2H3,(H,45,46). The first-order chi connectivity index (χ1) is 22.9. The minimum Gasteiger partial charge on any atom is -0.469 e. The van der Waals surface area contributed by atoms with Gasteiger partial charge in [0.15, 0.2) is 0 Å². The van der Waals surface area contributed by atoms with Crippen LogP contribution in [0.25, 0.3) is 22.3 Å². The number of carbonyl (C=O) groups is 3. The maximum atomic E-state index is 14.5. The third-order valence-corrected chi connectivity index (χ3v) is 7.74. The number of amides is 1. The van der Waals surface area contributed by atoms with Gasteiger partial charge in [-0.1, -0.05) is 84.4 Å². The van der Waals surface area contributed by atoms with Crippen LogP contribution in [0, 0.1) is 6.92 Å². The molecule has 1 N–H and O–H groups in total. The van der Waals surface area contributed by atoms with Crippen molar-refractivity contribution in [2.75, 3.05) is 12.0 Å². The zero-order valence-electron chi connectivity index (χ0n) is 26.0. The number of halogens is 3. The molecule has 1 amide bonds. The van der Waals surface area contributed by atoms with Gasteiger partial charge >= 0.3 is 18.3 Å². The van der Waals surface area contributed by atoms with Crippen molar-refractivity contribution in [1.29, 1.82) is 0 Å². The summed E-state index contributed by atoms with van der Waals surface area (Å²) in [7, 11) is 1.23. The van der Waals surface area contributed by atoms with E-state index in [1.54, 1.807) is 24.3 Å². The average Bonchev–Trinajstić information content (AvgIpc) is 3.47. The molecule has 0 bridgehead atoms. The first kappa shape index (κ1) is 33.5. The van der Waals surface area contributed by atoms with Crippen molar-refractivity contribution < 1.29 is 42.1 Å². The minimum atomic E-state index is -4.52. The second-order valence-corrected chi connectivity index (χ2v) is 11.0. The first-order valence-corrected chi connectivity index (χ1v) is 14.8. The molecule has 0 aliphatic rings. The number of hydrogen-bond donors (Lipinski definition) is 1. The first-order valence-electron chi connectivity index (χ1n) is 14.8. The third kappa shape index (κ3) is 7.92. The molecule has 0 atom stereocenters. The summed E-state index contributed by atoms with van der Waals surface area (Å²) in [6.07, 6.45) is -4.70. The van der Waals surface area contributed by atoms with Crippen molar-refractivity contribution in [1.82, 2.24) is 4.57 Å². The highest BCUT2D eigenvalue weighted by Gasteiger charge is 2.30. The van der Waals surface area contributed by atoms with Crippen molar-refractivity contribution in [3.63, 3.8) is 0 Å². The van der Waals surface area contributed by atoms with Gasteiger partial charge in [0, 0.05) is 24.4 Å². The van der Waals surface area contributed by atoms with Crippen LogP contribution in [0.1, 0.15) is 33.5 Å². The van der Waals surface area contributed by atoms with Gasteiger partial charge < -0.3 is 24.0 Å². The number of esters is 1. The number of rotatable bonds is 10. The van der Waals surface area contributed by atoms with Gasteiger partial charge in [0.2, 0.25) is 5.88 Å². The van der Waals surface area contributed by atoms with E-state index >= 15 is 0 Å². The molecule has 48 heavy (non-hydrogen) atoms. The maximum Gasteiger partial charge on any atom is 0.512 e. The van der Waals surface area contributed by atoms with Crippen LogP contribution in [-0.2, 0) is 28.8 Å². The van der Waals surface area contributed by atoms with Crippen molar-refractivity contribution in [2.24, 2.45) is 0 Å². The molecule has 0 aliphatic heterocycles. The summed E-state index contributed by atoms with van der Waals surface area (Å²) >= 11 is 0. The molecule has 8 nitrogen and oxygen atoms in total. The Hall–Kier alpha value is -5.84. The predicted molar refractivity (Wildman–Crippen MR) is 174 cm³/mol. The Balaban J connectivity index is 1.55. The van der Waals surface area contributed by atoms with Crippen LogP contribution in [0.2, 0.25) is 0 Å². The summed E-state index contributed by atoms with van der Waals surface area (Å²) in [4.78, 5) is 39.3. The molecule has 5 aromatic rings. The topological polar surface area (TPSA) is 98.1 Å². The van der Waals surface area contributed by atoms with Gasteiger partial charge in [-0.25, -0.2) is 4.79 Å². The molecular weight excluding hydrogens is 625 g/mol. The molecule has 5 rings (SSSR count). The van der Waals surface area contributed by atoms with E-state index in [0.717, 1.165) is 34.4 Å². The van der Waals surface area contributed by atoms with Crippen LogP contribution < -0.4 is 9.64 Å². The van der Waals surface area contributed by atoms with Crippen LogP contribution in [0.5, 0.6) is 5.88 Å². The van der Waals surface area contributed by atoms with Crippen molar-refractivity contribution >= 4 is 23.7 Å². The molecule has 0 saturated carbocycles. The number of hydrogen-bond acceptors (Lipinski definition) is 5. The lowest BCUT2D eigenvalue weighted by molar-refractivity contribution is -0.141. The average molecular weight is 657 g/mol. The molecule has 0 saturated heterocycles. The summed E-state index contributed by atoms with van der Waals surface area (Å²) in [6, 6.07) is 28.1. The molecule has 0 fully saturated rings. The third-order valence-electron chi connectivity index (χ3n) is 7.74. The van der Waals surface area contributed by atoms with Crippen LogP contribution in [0.3, 0.4) is 0 Å². The fraction of sp³-hybridized carbons (Fsp3) is 0.162. The number of methoxy groups -OCH3 is 1. The monoisotopic (exact) mass is 656 g/mol. The molecule has 246 valence electrons. The molecule has 11 heteroatoms. The van der Waals surface area contributed by atoms with Crippen LogP contribution >= 0.6 is 0 Å². The van der Waals surface area contributed by atoms with Gasteiger partial charge in [-0.15, -0.1) is 0 Å². The SMILES string of the molecule is COC(=O)CCn1cc(N(Cc2ccc(-c3ccc(C)cc3)cc2)C(=O)c2ccccc2-c2ccc(C(F)(F)F)cc2)cc1OC(=O)O. The number of carbonyl (C=O) groups excluding carboxylic acids is 2. The Morgan fingerprint density at radius 3 is 2.04 bits per heavy atom. The summed E-state index contributed by atoms with van der Waals surface area (Å²) in [6.45, 7) is 2.05. The largest absolute Gasteiger partial charge is 0.512 e. The Kier molecular flexibility index (Phi) is 9.98. The Morgan fingerprint density at radius 2 is 1.44 bits per heavy atom. The summed E-state index contributed by atoms with van der Waals surface area (Å²) in [5.74, 6) is -1.15. The normalized spacial score (nSPS) is 11.2. The van der Waals surface area contributed by atoms with Crippen LogP contribution in [0.4, 0.5) is 23.7 Å². The van der Waals surface area contributed by atoms with E-state index in [4.69, 9.17) is 9.47 Å². The second-order valence-electron chi connectivity index (χ2n) is 11.0. The number of alkyl halides is 3. The lowest BCUT2D eigenvalue weighted by Gasteiger charge is -2.23. The smallest absolute Gasteiger partial charge is 0.469 e. The van der Waals surface area contributed by atoms with Crippen molar-refractivity contribution in [3.05, 3.63) is 132 Å². The quantitative estimate of drug-likeness (QED) is 0.151. The molecule has 0 unspecified atom stereocenters. The fourth-order valence-electron chi connectivity index (χ4n) is 5.20. The molecule has 4 aromatic carbocycles. The highest BCUT2D eigenvalue weighted by molar-refractivity contribution is 6.10. The minimum absolute atomic E-state index is 0.00467. The Morgan fingerprint density at radius 1 is 0.833 bits per heavy atom. The van der Waals surface area contributed by atoms with Crippen molar-refractivity contribution in [2.45, 2.75) is 32.6 Å². The van der Waals surface area contributed by atoms with Crippen LogP contribution in [0.15, 0.2) is 109 Å². The lowest BCUT2D eigenvalue weighted by Crippen LogP contribution is -2.30. The van der Waals surface area contributed by atoms with E-state index in [2.05, 4.69) is 0 Å². The van der Waals surface area contributed by atoms with Gasteiger partial charge in [-0.2, -0.15) is 13.2 Å². The van der Waals surface area contributed by atoms with E-state index in [1.807, 2.05) is 55.5 Å². The van der Waals surface area contributed by atoms with E-state index < -0.39 is 29.8 Å². The number of aryl methyl sites for hydroxylation is 2. The number of carboxylic acid groups (broad SMARTS) is 1. The van der Waals surface area contributed by atoms with Crippen molar-refractivity contribution in [3.8, 4) is 28.1 Å². The number of aromatic nitrogens is 1. The number of nitrogens with zero attached hydrogens (tertiary/aromatic N) is 2. The summed E-state index contributed by atoms with van der Waals surface area (Å²) in [5.41, 5.74) is 4.33. The van der Waals surface area contributed by atoms with E-state index in [9.17, 15) is 32.7 Å². The summed E-state index contributed by atoms with van der Waals surface area (Å²) < 4.78 is 50.9. The predicted octanol–water partition coefficient (Wildman–Crippen LogP) is 8.62. The molecule has 1 heterocycles. The van der Waals surface area contributed by atoms with E-state index in [1.165, 1.54) is 41.0 Å². The molecular formula is C37H31F3N2O6. The molecule has 0 aliphatic carbocycles. The van der Waals surface area contributed by atoms with Crippen LogP contribution in [-0.4, -0.2) is 34.8 Å². The zero-order chi connectivity index (χ0) is 34.4. The second kappa shape index (κ2) is 14.3. The van der Waals surface area contributed by atoms with E-state index in [-0.39, 0.29) is 36.6 Å². The van der Waals surface area contributed by atoms with Gasteiger partial charge in [0.1, 0.15) is 0 Å². The van der Waals surface area contributed by atoms with Gasteiger partial charge in [-0.3, -0.25) is 9.59 Å². The fourth-order valence-corrected chi connectivity index (χ4v) is 5.20. The summed E-state index contributed by atoms with van der Waals surface area (Å²) in [5, 5.41) is 9.37. The Labute approximate surface area is 274 Å². The lowest BCUT2D eigenvalue weighted by atomic mass is 9.97. The van der Waals surface area contributed by atoms with Gasteiger partial charge in [0.05, 0.1) is 31.3 Å². The highest BCUT2D eigenvalue weighted by Crippen LogP contribution is 2.34. The number of ether oxygens (including phenoxy) is 2. The van der Waals surface area contributed by atoms with Gasteiger partial charge in [0.25, 0.3) is 5.91 Å². The number of benzene rings is 4.